The minimum atomic E-state index is -0.336. The predicted octanol–water partition coefficient (Wildman–Crippen LogP) is 2.88. The van der Waals surface area contributed by atoms with Crippen LogP contribution in [0.3, 0.4) is 0 Å². The molecule has 1 atom stereocenters. The summed E-state index contributed by atoms with van der Waals surface area (Å²) in [4.78, 5) is 23.3. The topological polar surface area (TPSA) is 63.9 Å². The number of halogens is 1. The first-order valence-corrected chi connectivity index (χ1v) is 9.02. The zero-order chi connectivity index (χ0) is 18.8. The molecule has 3 heterocycles. The molecule has 3 aromatic rings. The Bertz CT molecular complexity index is 1000. The van der Waals surface area contributed by atoms with E-state index >= 15 is 0 Å². The number of hydrogen-bond donors (Lipinski definition) is 0. The number of hydrogen-bond acceptors (Lipinski definition) is 5. The van der Waals surface area contributed by atoms with Crippen molar-refractivity contribution in [3.05, 3.63) is 70.5 Å². The van der Waals surface area contributed by atoms with Crippen LogP contribution in [0, 0.1) is 5.82 Å². The summed E-state index contributed by atoms with van der Waals surface area (Å²) in [5, 5.41) is 4.40. The second kappa shape index (κ2) is 7.26. The number of nitrogens with zero attached hydrogens (tertiary/aromatic N) is 5. The lowest BCUT2D eigenvalue weighted by molar-refractivity contribution is 0.611. The summed E-state index contributed by atoms with van der Waals surface area (Å²) in [5.41, 5.74) is 1.77. The van der Waals surface area contributed by atoms with Crippen LogP contribution in [0.5, 0.6) is 0 Å². The fourth-order valence-corrected chi connectivity index (χ4v) is 3.36. The SMILES string of the molecule is CC1CCCN1c1ncc(-c2ccc(=O)n(Cc3cccc(F)c3)n2)cn1. The summed E-state index contributed by atoms with van der Waals surface area (Å²) >= 11 is 0. The number of anilines is 1. The highest BCUT2D eigenvalue weighted by Crippen LogP contribution is 2.23. The second-order valence-corrected chi connectivity index (χ2v) is 6.80. The van der Waals surface area contributed by atoms with Gasteiger partial charge in [-0.25, -0.2) is 19.0 Å². The van der Waals surface area contributed by atoms with Gasteiger partial charge in [0.1, 0.15) is 5.82 Å². The normalized spacial score (nSPS) is 16.7. The molecule has 138 valence electrons. The fourth-order valence-electron chi connectivity index (χ4n) is 3.36. The molecule has 7 heteroatoms. The summed E-state index contributed by atoms with van der Waals surface area (Å²) < 4.78 is 14.7. The van der Waals surface area contributed by atoms with Crippen molar-refractivity contribution in [1.29, 1.82) is 0 Å². The van der Waals surface area contributed by atoms with E-state index in [0.717, 1.165) is 30.9 Å². The van der Waals surface area contributed by atoms with E-state index in [4.69, 9.17) is 0 Å². The van der Waals surface area contributed by atoms with Crippen molar-refractivity contribution in [3.8, 4) is 11.3 Å². The van der Waals surface area contributed by atoms with Gasteiger partial charge in [-0.3, -0.25) is 4.79 Å². The van der Waals surface area contributed by atoms with Crippen molar-refractivity contribution in [3.63, 3.8) is 0 Å². The molecule has 0 radical (unpaired) electrons. The molecule has 1 aliphatic heterocycles. The molecular weight excluding hydrogens is 345 g/mol. The first kappa shape index (κ1) is 17.3. The molecule has 4 rings (SSSR count). The third kappa shape index (κ3) is 3.72. The van der Waals surface area contributed by atoms with Gasteiger partial charge in [0.05, 0.1) is 12.2 Å². The Hall–Kier alpha value is -3.09. The molecule has 1 aromatic carbocycles. The lowest BCUT2D eigenvalue weighted by Crippen LogP contribution is -2.28. The third-order valence-corrected chi connectivity index (χ3v) is 4.83. The van der Waals surface area contributed by atoms with Crippen LogP contribution in [-0.4, -0.2) is 32.3 Å². The van der Waals surface area contributed by atoms with Crippen LogP contribution in [-0.2, 0) is 6.54 Å². The minimum Gasteiger partial charge on any atom is -0.338 e. The molecule has 1 saturated heterocycles. The molecule has 0 N–H and O–H groups in total. The summed E-state index contributed by atoms with van der Waals surface area (Å²) in [5.74, 6) is 0.383. The maximum Gasteiger partial charge on any atom is 0.267 e. The molecule has 6 nitrogen and oxygen atoms in total. The fraction of sp³-hybridized carbons (Fsp3) is 0.300. The van der Waals surface area contributed by atoms with Gasteiger partial charge in [0.15, 0.2) is 0 Å². The van der Waals surface area contributed by atoms with Gasteiger partial charge in [0.2, 0.25) is 5.95 Å². The van der Waals surface area contributed by atoms with E-state index in [1.165, 1.54) is 22.9 Å². The standard InChI is InChI=1S/C20H20FN5O/c1-14-4-3-9-25(14)20-22-11-16(12-23-20)18-7-8-19(27)26(24-18)13-15-5-2-6-17(21)10-15/h2,5-8,10-12,14H,3-4,9,13H2,1H3. The summed E-state index contributed by atoms with van der Waals surface area (Å²) in [6.45, 7) is 3.35. The molecule has 27 heavy (non-hydrogen) atoms. The molecule has 2 aromatic heterocycles. The summed E-state index contributed by atoms with van der Waals surface area (Å²) in [6.07, 6.45) is 5.76. The molecule has 1 aliphatic rings. The van der Waals surface area contributed by atoms with Gasteiger partial charge < -0.3 is 4.90 Å². The monoisotopic (exact) mass is 365 g/mol. The van der Waals surface area contributed by atoms with Crippen molar-refractivity contribution in [1.82, 2.24) is 19.7 Å². The third-order valence-electron chi connectivity index (χ3n) is 4.83. The van der Waals surface area contributed by atoms with Gasteiger partial charge in [-0.1, -0.05) is 12.1 Å². The van der Waals surface area contributed by atoms with E-state index in [1.807, 2.05) is 0 Å². The molecule has 0 bridgehead atoms. The average Bonchev–Trinajstić information content (AvgIpc) is 3.10. The highest BCUT2D eigenvalue weighted by molar-refractivity contribution is 5.56. The minimum absolute atomic E-state index is 0.203. The largest absolute Gasteiger partial charge is 0.338 e. The Morgan fingerprint density at radius 1 is 1.19 bits per heavy atom. The molecule has 1 fully saturated rings. The van der Waals surface area contributed by atoms with E-state index in [9.17, 15) is 9.18 Å². The van der Waals surface area contributed by atoms with Crippen LogP contribution in [0.4, 0.5) is 10.3 Å². The van der Waals surface area contributed by atoms with Crippen molar-refractivity contribution < 1.29 is 4.39 Å². The molecule has 1 unspecified atom stereocenters. The Morgan fingerprint density at radius 3 is 2.70 bits per heavy atom. The van der Waals surface area contributed by atoms with Crippen molar-refractivity contribution >= 4 is 5.95 Å². The first-order valence-electron chi connectivity index (χ1n) is 9.02. The molecule has 0 amide bonds. The first-order chi connectivity index (χ1) is 13.1. The van der Waals surface area contributed by atoms with Gasteiger partial charge in [-0.05, 0) is 43.5 Å². The van der Waals surface area contributed by atoms with E-state index in [1.54, 1.807) is 30.6 Å². The second-order valence-electron chi connectivity index (χ2n) is 6.80. The Balaban J connectivity index is 1.59. The van der Waals surface area contributed by atoms with E-state index < -0.39 is 0 Å². The van der Waals surface area contributed by atoms with Crippen molar-refractivity contribution in [2.24, 2.45) is 0 Å². The Labute approximate surface area is 156 Å². The zero-order valence-electron chi connectivity index (χ0n) is 15.0. The van der Waals surface area contributed by atoms with Crippen LogP contribution in [0.1, 0.15) is 25.3 Å². The Morgan fingerprint density at radius 2 is 2.00 bits per heavy atom. The van der Waals surface area contributed by atoms with Gasteiger partial charge in [0.25, 0.3) is 5.56 Å². The lowest BCUT2D eigenvalue weighted by atomic mass is 10.2. The van der Waals surface area contributed by atoms with Gasteiger partial charge in [0, 0.05) is 36.6 Å². The zero-order valence-corrected chi connectivity index (χ0v) is 15.0. The smallest absolute Gasteiger partial charge is 0.267 e. The molecule has 0 saturated carbocycles. The van der Waals surface area contributed by atoms with E-state index in [-0.39, 0.29) is 17.9 Å². The van der Waals surface area contributed by atoms with Crippen LogP contribution in [0.15, 0.2) is 53.6 Å². The quantitative estimate of drug-likeness (QED) is 0.711. The number of aromatic nitrogens is 4. The maximum atomic E-state index is 13.4. The van der Waals surface area contributed by atoms with Gasteiger partial charge >= 0.3 is 0 Å². The van der Waals surface area contributed by atoms with Crippen LogP contribution < -0.4 is 10.5 Å². The van der Waals surface area contributed by atoms with E-state index in [0.29, 0.717) is 17.3 Å². The van der Waals surface area contributed by atoms with Gasteiger partial charge in [-0.15, -0.1) is 0 Å². The molecule has 0 aliphatic carbocycles. The van der Waals surface area contributed by atoms with Crippen molar-refractivity contribution in [2.45, 2.75) is 32.4 Å². The van der Waals surface area contributed by atoms with Crippen LogP contribution >= 0.6 is 0 Å². The average molecular weight is 365 g/mol. The van der Waals surface area contributed by atoms with Gasteiger partial charge in [-0.2, -0.15) is 5.10 Å². The summed E-state index contributed by atoms with van der Waals surface area (Å²) in [6, 6.07) is 9.71. The summed E-state index contributed by atoms with van der Waals surface area (Å²) in [7, 11) is 0. The highest BCUT2D eigenvalue weighted by atomic mass is 19.1. The van der Waals surface area contributed by atoms with Crippen molar-refractivity contribution in [2.75, 3.05) is 11.4 Å². The highest BCUT2D eigenvalue weighted by Gasteiger charge is 2.22. The molecular formula is C20H20FN5O. The maximum absolute atomic E-state index is 13.4. The van der Waals surface area contributed by atoms with Crippen LogP contribution in [0.2, 0.25) is 0 Å². The van der Waals surface area contributed by atoms with Crippen LogP contribution in [0.25, 0.3) is 11.3 Å². The lowest BCUT2D eigenvalue weighted by Gasteiger charge is -2.20. The van der Waals surface area contributed by atoms with E-state index in [2.05, 4.69) is 26.9 Å². The predicted molar refractivity (Wildman–Crippen MR) is 101 cm³/mol. The number of rotatable bonds is 4. The molecule has 0 spiro atoms. The Kier molecular flexibility index (Phi) is 4.66. The number of benzene rings is 1.